The molecule has 0 saturated heterocycles. The summed E-state index contributed by atoms with van der Waals surface area (Å²) in [4.78, 5) is 0.793. The van der Waals surface area contributed by atoms with Gasteiger partial charge in [-0.3, -0.25) is 0 Å². The number of benzene rings is 9. The van der Waals surface area contributed by atoms with Gasteiger partial charge in [0.25, 0.3) is 0 Å². The second-order valence-electron chi connectivity index (χ2n) is 12.0. The maximum absolute atomic E-state index is 9.69. The van der Waals surface area contributed by atoms with Crippen molar-refractivity contribution in [3.63, 3.8) is 0 Å². The lowest BCUT2D eigenvalue weighted by Crippen LogP contribution is -2.10. The fraction of sp³-hybridized carbons (Fsp3) is 0. The van der Waals surface area contributed by atoms with Crippen LogP contribution in [0.5, 0.6) is 0 Å². The summed E-state index contributed by atoms with van der Waals surface area (Å²) in [5.74, 6) is 0. The number of nitrogens with zero attached hydrogens (tertiary/aromatic N) is 1. The standard InChI is InChI=1S/C50H33NO/c1-2-10-34(11-3-1)35-20-22-36(23-21-35)37-24-29-41(30-25-37)51(42-31-26-40(27-32-42)44-17-8-14-38-12-4-6-15-43(38)44)47-18-9-19-48-49(47)46-33-28-39-13-5-7-16-45(39)50(46)52-48/h1-33H/i5D,7D,9D,13D,16D,18D,19D,24D,25D,26D,27D,28D,29D,30D,31D,32D,33D. The van der Waals surface area contributed by atoms with E-state index in [1.54, 1.807) is 54.6 Å². The Morgan fingerprint density at radius 1 is 0.404 bits per heavy atom. The first kappa shape index (κ1) is 17.4. The van der Waals surface area contributed by atoms with Crippen LogP contribution in [0, 0.1) is 0 Å². The third-order valence-corrected chi connectivity index (χ3v) is 8.96. The lowest BCUT2D eigenvalue weighted by molar-refractivity contribution is 0.672. The average molecular weight is 681 g/mol. The van der Waals surface area contributed by atoms with Gasteiger partial charge in [-0.15, -0.1) is 0 Å². The zero-order valence-corrected chi connectivity index (χ0v) is 27.1. The van der Waals surface area contributed by atoms with E-state index >= 15 is 0 Å². The smallest absolute Gasteiger partial charge is 0.143 e. The normalized spacial score (nSPS) is 16.0. The summed E-state index contributed by atoms with van der Waals surface area (Å²) in [6.07, 6.45) is 0. The van der Waals surface area contributed by atoms with Crippen molar-refractivity contribution in [2.24, 2.45) is 0 Å². The number of fused-ring (bicyclic) bond motifs is 6. The topological polar surface area (TPSA) is 16.4 Å². The molecule has 0 radical (unpaired) electrons. The zero-order valence-electron chi connectivity index (χ0n) is 44.1. The van der Waals surface area contributed by atoms with Crippen LogP contribution in [0.15, 0.2) is 204 Å². The van der Waals surface area contributed by atoms with Crippen LogP contribution < -0.4 is 4.90 Å². The van der Waals surface area contributed by atoms with Gasteiger partial charge < -0.3 is 9.32 Å². The predicted octanol–water partition coefficient (Wildman–Crippen LogP) is 14.4. The first-order chi connectivity index (χ1) is 32.9. The molecule has 10 aromatic rings. The van der Waals surface area contributed by atoms with Crippen LogP contribution in [0.25, 0.3) is 76.9 Å². The average Bonchev–Trinajstić information content (AvgIpc) is 3.75. The van der Waals surface area contributed by atoms with Gasteiger partial charge in [0.2, 0.25) is 0 Å². The Bertz CT molecular complexity index is 3810. The lowest BCUT2D eigenvalue weighted by Gasteiger charge is -2.26. The highest BCUT2D eigenvalue weighted by molar-refractivity contribution is 6.19. The lowest BCUT2D eigenvalue weighted by atomic mass is 9.97. The molecule has 0 aliphatic heterocycles. The van der Waals surface area contributed by atoms with E-state index in [0.29, 0.717) is 16.5 Å². The molecule has 1 aromatic heterocycles. The van der Waals surface area contributed by atoms with Gasteiger partial charge in [0, 0.05) is 22.1 Å². The zero-order chi connectivity index (χ0) is 49.2. The second kappa shape index (κ2) is 12.5. The van der Waals surface area contributed by atoms with E-state index < -0.39 is 147 Å². The van der Waals surface area contributed by atoms with E-state index in [9.17, 15) is 13.7 Å². The SMILES string of the molecule is [2H]c1c([2H])c(N(c2c([2H])c([2H])c(-c3cccc4ccccc34)c([2H])c2[2H])c2c([2H])c([2H])c([2H])c3oc4c5c([2H])c([2H])c([2H])c([2H])c5c([2H])c([2H])c4c23)c([2H])c([2H])c1-c1ccc(-c2ccccc2)cc1. The van der Waals surface area contributed by atoms with Crippen LogP contribution in [0.4, 0.5) is 17.1 Å². The Morgan fingerprint density at radius 2 is 1.06 bits per heavy atom. The van der Waals surface area contributed by atoms with Gasteiger partial charge in [0.15, 0.2) is 0 Å². The Balaban J connectivity index is 1.36. The molecule has 1 heterocycles. The molecule has 0 aliphatic rings. The van der Waals surface area contributed by atoms with Crippen LogP contribution in [0.2, 0.25) is 0 Å². The fourth-order valence-corrected chi connectivity index (χ4v) is 6.47. The summed E-state index contributed by atoms with van der Waals surface area (Å²) in [5, 5.41) is -0.255. The van der Waals surface area contributed by atoms with Gasteiger partial charge in [-0.2, -0.15) is 0 Å². The van der Waals surface area contributed by atoms with Crippen molar-refractivity contribution in [3.05, 3.63) is 200 Å². The summed E-state index contributed by atoms with van der Waals surface area (Å²) in [7, 11) is 0. The number of rotatable bonds is 6. The van der Waals surface area contributed by atoms with Crippen molar-refractivity contribution >= 4 is 60.5 Å². The Hall–Kier alpha value is -6.90. The largest absolute Gasteiger partial charge is 0.455 e. The first-order valence-electron chi connectivity index (χ1n) is 24.9. The Morgan fingerprint density at radius 3 is 1.85 bits per heavy atom. The van der Waals surface area contributed by atoms with Gasteiger partial charge in [-0.25, -0.2) is 0 Å². The summed E-state index contributed by atoms with van der Waals surface area (Å²) < 4.78 is 163. The molecular formula is C50H33NO. The highest BCUT2D eigenvalue weighted by atomic mass is 16.3. The van der Waals surface area contributed by atoms with Gasteiger partial charge >= 0.3 is 0 Å². The van der Waals surface area contributed by atoms with Crippen molar-refractivity contribution in [2.45, 2.75) is 0 Å². The van der Waals surface area contributed by atoms with Crippen molar-refractivity contribution in [2.75, 3.05) is 4.90 Å². The number of anilines is 3. The molecule has 0 amide bonds. The highest BCUT2D eigenvalue weighted by Crippen LogP contribution is 2.45. The third-order valence-electron chi connectivity index (χ3n) is 8.96. The van der Waals surface area contributed by atoms with Crippen molar-refractivity contribution in [1.29, 1.82) is 0 Å². The molecular weight excluding hydrogens is 631 g/mol. The minimum atomic E-state index is -0.872. The van der Waals surface area contributed by atoms with Crippen molar-refractivity contribution < 1.29 is 27.7 Å². The van der Waals surface area contributed by atoms with Crippen LogP contribution in [0.1, 0.15) is 23.3 Å². The van der Waals surface area contributed by atoms with Crippen LogP contribution in [-0.4, -0.2) is 0 Å². The summed E-state index contributed by atoms with van der Waals surface area (Å²) in [6.45, 7) is 0. The molecule has 9 aromatic carbocycles. The molecule has 10 rings (SSSR count). The fourth-order valence-electron chi connectivity index (χ4n) is 6.47. The maximum atomic E-state index is 9.69. The molecule has 0 aliphatic carbocycles. The summed E-state index contributed by atoms with van der Waals surface area (Å²) >= 11 is 0. The van der Waals surface area contributed by atoms with E-state index in [1.807, 2.05) is 42.5 Å². The van der Waals surface area contributed by atoms with Gasteiger partial charge in [0.1, 0.15) is 11.2 Å². The van der Waals surface area contributed by atoms with Crippen molar-refractivity contribution in [3.8, 4) is 33.4 Å². The molecule has 0 spiro atoms. The van der Waals surface area contributed by atoms with Crippen LogP contribution in [0.3, 0.4) is 0 Å². The van der Waals surface area contributed by atoms with E-state index in [2.05, 4.69) is 0 Å². The Kier molecular flexibility index (Phi) is 4.16. The summed E-state index contributed by atoms with van der Waals surface area (Å²) in [6, 6.07) is 16.4. The number of hydrogen-bond donors (Lipinski definition) is 0. The monoisotopic (exact) mass is 680 g/mol. The molecule has 2 nitrogen and oxygen atoms in total. The maximum Gasteiger partial charge on any atom is 0.143 e. The molecule has 0 unspecified atom stereocenters. The molecule has 0 N–H and O–H groups in total. The molecule has 244 valence electrons. The number of furan rings is 1. The third kappa shape index (κ3) is 5.12. The Labute approximate surface area is 326 Å². The molecule has 0 bridgehead atoms. The quantitative estimate of drug-likeness (QED) is 0.174. The molecule has 0 saturated carbocycles. The van der Waals surface area contributed by atoms with Gasteiger partial charge in [-0.1, -0.05) is 157 Å². The molecule has 0 fully saturated rings. The molecule has 2 heteroatoms. The van der Waals surface area contributed by atoms with E-state index in [-0.39, 0.29) is 16.5 Å². The van der Waals surface area contributed by atoms with Gasteiger partial charge in [-0.05, 0) is 91.8 Å². The van der Waals surface area contributed by atoms with Gasteiger partial charge in [0.05, 0.1) is 34.4 Å². The van der Waals surface area contributed by atoms with E-state index in [1.165, 1.54) is 0 Å². The van der Waals surface area contributed by atoms with Crippen LogP contribution in [-0.2, 0) is 0 Å². The second-order valence-corrected chi connectivity index (χ2v) is 12.0. The molecule has 0 atom stereocenters. The number of hydrogen-bond acceptors (Lipinski definition) is 2. The van der Waals surface area contributed by atoms with Crippen LogP contribution >= 0.6 is 0 Å². The predicted molar refractivity (Wildman–Crippen MR) is 220 cm³/mol. The van der Waals surface area contributed by atoms with Crippen molar-refractivity contribution in [1.82, 2.24) is 0 Å². The first-order valence-corrected chi connectivity index (χ1v) is 16.4. The minimum absolute atomic E-state index is 0.125. The summed E-state index contributed by atoms with van der Waals surface area (Å²) in [5.41, 5.74) is -0.959. The molecule has 52 heavy (non-hydrogen) atoms. The van der Waals surface area contributed by atoms with E-state index in [0.717, 1.165) is 21.4 Å². The van der Waals surface area contributed by atoms with E-state index in [4.69, 9.17) is 14.0 Å². The highest BCUT2D eigenvalue weighted by Gasteiger charge is 2.20. The minimum Gasteiger partial charge on any atom is -0.455 e.